The number of nitrogens with one attached hydrogen (secondary N) is 1. The highest BCUT2D eigenvalue weighted by Crippen LogP contribution is 2.29. The van der Waals surface area contributed by atoms with Crippen LogP contribution in [0.25, 0.3) is 10.2 Å². The highest BCUT2D eigenvalue weighted by atomic mass is 32.2. The highest BCUT2D eigenvalue weighted by Gasteiger charge is 2.19. The number of hydrogen-bond acceptors (Lipinski definition) is 6. The number of carbonyl (C=O) groups excluding carboxylic acids is 2. The van der Waals surface area contributed by atoms with Gasteiger partial charge in [0.15, 0.2) is 10.9 Å². The van der Waals surface area contributed by atoms with E-state index in [1.807, 2.05) is 27.7 Å². The molecule has 0 saturated carbocycles. The van der Waals surface area contributed by atoms with Crippen molar-refractivity contribution in [3.63, 3.8) is 0 Å². The Kier molecular flexibility index (Phi) is 6.24. The number of aromatic nitrogens is 2. The van der Waals surface area contributed by atoms with Crippen molar-refractivity contribution >= 4 is 50.7 Å². The molecule has 0 aliphatic carbocycles. The van der Waals surface area contributed by atoms with Crippen LogP contribution < -0.4 is 10.9 Å². The number of fused-ring (bicyclic) bond motifs is 1. The maximum atomic E-state index is 13.1. The highest BCUT2D eigenvalue weighted by molar-refractivity contribution is 7.99. The van der Waals surface area contributed by atoms with E-state index in [-0.39, 0.29) is 29.0 Å². The summed E-state index contributed by atoms with van der Waals surface area (Å²) < 4.78 is 1.67. The summed E-state index contributed by atoms with van der Waals surface area (Å²) in [6, 6.07) is 6.71. The Balaban J connectivity index is 1.86. The summed E-state index contributed by atoms with van der Waals surface area (Å²) in [5, 5.41) is 3.91. The van der Waals surface area contributed by atoms with E-state index >= 15 is 0 Å². The molecule has 0 radical (unpaired) electrons. The number of rotatable bonds is 6. The summed E-state index contributed by atoms with van der Waals surface area (Å²) in [4.78, 5) is 43.3. The van der Waals surface area contributed by atoms with Gasteiger partial charge in [-0.25, -0.2) is 4.98 Å². The maximum Gasteiger partial charge on any atom is 0.263 e. The van der Waals surface area contributed by atoms with Crippen molar-refractivity contribution in [2.24, 2.45) is 0 Å². The van der Waals surface area contributed by atoms with Gasteiger partial charge in [-0.05, 0) is 57.5 Å². The molecule has 2 heterocycles. The Bertz CT molecular complexity index is 1140. The van der Waals surface area contributed by atoms with Crippen molar-refractivity contribution in [3.05, 3.63) is 50.6 Å². The van der Waals surface area contributed by atoms with Gasteiger partial charge in [0.2, 0.25) is 5.91 Å². The van der Waals surface area contributed by atoms with Gasteiger partial charge < -0.3 is 5.32 Å². The van der Waals surface area contributed by atoms with Crippen LogP contribution in [0.1, 0.15) is 47.6 Å². The number of nitrogens with zero attached hydrogens (tertiary/aromatic N) is 2. The van der Waals surface area contributed by atoms with E-state index in [0.29, 0.717) is 21.8 Å². The third-order valence-corrected chi connectivity index (χ3v) is 6.63. The molecule has 0 aliphatic heterocycles. The van der Waals surface area contributed by atoms with Gasteiger partial charge in [0.25, 0.3) is 5.56 Å². The zero-order valence-electron chi connectivity index (χ0n) is 17.0. The van der Waals surface area contributed by atoms with Crippen LogP contribution in [0, 0.1) is 13.8 Å². The zero-order valence-corrected chi connectivity index (χ0v) is 18.7. The molecule has 0 unspecified atom stereocenters. The molecule has 3 rings (SSSR count). The molecule has 1 amide bonds. The van der Waals surface area contributed by atoms with E-state index in [4.69, 9.17) is 4.98 Å². The lowest BCUT2D eigenvalue weighted by atomic mass is 10.1. The van der Waals surface area contributed by atoms with Crippen molar-refractivity contribution in [3.8, 4) is 0 Å². The van der Waals surface area contributed by atoms with Crippen LogP contribution in [0.15, 0.2) is 34.2 Å². The molecule has 6 nitrogen and oxygen atoms in total. The van der Waals surface area contributed by atoms with E-state index < -0.39 is 0 Å². The monoisotopic (exact) mass is 429 g/mol. The smallest absolute Gasteiger partial charge is 0.263 e. The molecule has 0 bridgehead atoms. The van der Waals surface area contributed by atoms with Crippen LogP contribution in [0.3, 0.4) is 0 Å². The number of thiophene rings is 1. The zero-order chi connectivity index (χ0) is 21.3. The Morgan fingerprint density at radius 3 is 2.45 bits per heavy atom. The first-order valence-corrected chi connectivity index (χ1v) is 11.0. The first-order valence-electron chi connectivity index (χ1n) is 9.25. The lowest BCUT2D eigenvalue weighted by molar-refractivity contribution is -0.114. The van der Waals surface area contributed by atoms with Crippen molar-refractivity contribution in [1.29, 1.82) is 0 Å². The summed E-state index contributed by atoms with van der Waals surface area (Å²) in [7, 11) is 0. The van der Waals surface area contributed by atoms with Crippen LogP contribution in [0.2, 0.25) is 0 Å². The van der Waals surface area contributed by atoms with Gasteiger partial charge >= 0.3 is 0 Å². The fraction of sp³-hybridized carbons (Fsp3) is 0.333. The molecule has 1 N–H and O–H groups in total. The summed E-state index contributed by atoms with van der Waals surface area (Å²) >= 11 is 2.78. The molecule has 8 heteroatoms. The van der Waals surface area contributed by atoms with E-state index in [1.165, 1.54) is 30.0 Å². The number of thioether (sulfide) groups is 1. The number of benzene rings is 1. The molecule has 0 aliphatic rings. The standard InChI is InChI=1S/C21H23N3O3S2/c1-11(2)24-20(27)18-12(3)13(4)29-19(18)23-21(24)28-10-17(26)15-6-8-16(9-7-15)22-14(5)25/h6-9,11H,10H2,1-5H3,(H,22,25). The molecule has 0 fully saturated rings. The third kappa shape index (κ3) is 4.43. The van der Waals surface area contributed by atoms with E-state index in [0.717, 1.165) is 15.3 Å². The summed E-state index contributed by atoms with van der Waals surface area (Å²) in [6.45, 7) is 9.25. The second-order valence-corrected chi connectivity index (χ2v) is 9.24. The van der Waals surface area contributed by atoms with Crippen LogP contribution in [0.5, 0.6) is 0 Å². The molecule has 29 heavy (non-hydrogen) atoms. The van der Waals surface area contributed by atoms with Gasteiger partial charge in [-0.2, -0.15) is 0 Å². The third-order valence-electron chi connectivity index (χ3n) is 4.58. The topological polar surface area (TPSA) is 81.1 Å². The molecule has 0 spiro atoms. The number of carbonyl (C=O) groups is 2. The minimum absolute atomic E-state index is 0.0542. The minimum Gasteiger partial charge on any atom is -0.326 e. The number of Topliss-reactive ketones (excluding diaryl/α,β-unsaturated/α-hetero) is 1. The Morgan fingerprint density at radius 1 is 1.21 bits per heavy atom. The largest absolute Gasteiger partial charge is 0.326 e. The second kappa shape index (κ2) is 8.51. The number of amides is 1. The van der Waals surface area contributed by atoms with Gasteiger partial charge in [-0.3, -0.25) is 19.0 Å². The second-order valence-electron chi connectivity index (χ2n) is 7.10. The molecule has 0 atom stereocenters. The Morgan fingerprint density at radius 2 is 1.86 bits per heavy atom. The van der Waals surface area contributed by atoms with Crippen LogP contribution in [0.4, 0.5) is 5.69 Å². The molecule has 1 aromatic carbocycles. The molecule has 3 aromatic rings. The van der Waals surface area contributed by atoms with Gasteiger partial charge in [-0.15, -0.1) is 11.3 Å². The summed E-state index contributed by atoms with van der Waals surface area (Å²) in [5.41, 5.74) is 2.12. The average Bonchev–Trinajstić information content (AvgIpc) is 2.93. The molecular formula is C21H23N3O3S2. The summed E-state index contributed by atoms with van der Waals surface area (Å²) in [5.74, 6) is -0.0487. The lowest BCUT2D eigenvalue weighted by Gasteiger charge is -2.15. The number of anilines is 1. The van der Waals surface area contributed by atoms with Crippen molar-refractivity contribution in [2.75, 3.05) is 11.1 Å². The van der Waals surface area contributed by atoms with Gasteiger partial charge in [0, 0.05) is 29.1 Å². The average molecular weight is 430 g/mol. The Hall–Kier alpha value is -2.45. The quantitative estimate of drug-likeness (QED) is 0.352. The van der Waals surface area contributed by atoms with Crippen molar-refractivity contribution in [1.82, 2.24) is 9.55 Å². The fourth-order valence-electron chi connectivity index (χ4n) is 3.00. The lowest BCUT2D eigenvalue weighted by Crippen LogP contribution is -2.25. The first-order chi connectivity index (χ1) is 13.7. The number of ketones is 1. The minimum atomic E-state index is -0.160. The number of aryl methyl sites for hydroxylation is 2. The van der Waals surface area contributed by atoms with Gasteiger partial charge in [0.1, 0.15) is 4.83 Å². The van der Waals surface area contributed by atoms with Crippen molar-refractivity contribution in [2.45, 2.75) is 45.8 Å². The fourth-order valence-corrected chi connectivity index (χ4v) is 5.09. The molecule has 0 saturated heterocycles. The maximum absolute atomic E-state index is 13.1. The van der Waals surface area contributed by atoms with Crippen LogP contribution in [-0.4, -0.2) is 27.0 Å². The predicted molar refractivity (Wildman–Crippen MR) is 120 cm³/mol. The molecular weight excluding hydrogens is 406 g/mol. The van der Waals surface area contributed by atoms with E-state index in [1.54, 1.807) is 28.8 Å². The normalized spacial score (nSPS) is 11.2. The van der Waals surface area contributed by atoms with E-state index in [9.17, 15) is 14.4 Å². The van der Waals surface area contributed by atoms with Gasteiger partial charge in [0.05, 0.1) is 11.1 Å². The molecule has 152 valence electrons. The van der Waals surface area contributed by atoms with Crippen molar-refractivity contribution < 1.29 is 9.59 Å². The van der Waals surface area contributed by atoms with E-state index in [2.05, 4.69) is 5.32 Å². The first kappa shape index (κ1) is 21.3. The SMILES string of the molecule is CC(=O)Nc1ccc(C(=O)CSc2nc3sc(C)c(C)c3c(=O)n2C(C)C)cc1. The van der Waals surface area contributed by atoms with Crippen LogP contribution in [-0.2, 0) is 4.79 Å². The molecule has 2 aromatic heterocycles. The number of hydrogen-bond donors (Lipinski definition) is 1. The van der Waals surface area contributed by atoms with Gasteiger partial charge in [-0.1, -0.05) is 11.8 Å². The Labute approximate surface area is 177 Å². The predicted octanol–water partition coefficient (Wildman–Crippen LogP) is 4.59. The van der Waals surface area contributed by atoms with Crippen LogP contribution >= 0.6 is 23.1 Å². The summed E-state index contributed by atoms with van der Waals surface area (Å²) in [6.07, 6.45) is 0.